The molecule has 1 unspecified atom stereocenters. The van der Waals surface area contributed by atoms with Crippen LogP contribution in [0.25, 0.3) is 33.3 Å². The van der Waals surface area contributed by atoms with Gasteiger partial charge in [0.05, 0.1) is 31.0 Å². The third-order valence-corrected chi connectivity index (χ3v) is 7.73. The molecule has 1 atom stereocenters. The van der Waals surface area contributed by atoms with Gasteiger partial charge < -0.3 is 14.6 Å². The number of rotatable bonds is 7. The molecule has 0 bridgehead atoms. The first-order chi connectivity index (χ1) is 20.1. The van der Waals surface area contributed by atoms with Gasteiger partial charge in [-0.15, -0.1) is 5.10 Å². The predicted octanol–water partition coefficient (Wildman–Crippen LogP) is 6.52. The SMILES string of the molecule is COc1cc(-c2cn(CC3(c4cc(C(C)(C)O)c(F)c(-c5ccc(F)cc5)c4F)CCCO3)nn2)cc2cccnc12. The number of ether oxygens (including phenoxy) is 2. The van der Waals surface area contributed by atoms with Crippen LogP contribution in [-0.4, -0.2) is 38.8 Å². The van der Waals surface area contributed by atoms with Crippen LogP contribution in [0.2, 0.25) is 0 Å². The second-order valence-corrected chi connectivity index (χ2v) is 11.0. The van der Waals surface area contributed by atoms with Crippen molar-refractivity contribution in [2.45, 2.75) is 44.4 Å². The number of halogens is 3. The minimum absolute atomic E-state index is 0.0863. The molecule has 0 amide bonds. The summed E-state index contributed by atoms with van der Waals surface area (Å²) in [5, 5.41) is 20.4. The highest BCUT2D eigenvalue weighted by molar-refractivity contribution is 5.89. The molecule has 1 aliphatic heterocycles. The third-order valence-electron chi connectivity index (χ3n) is 7.73. The second-order valence-electron chi connectivity index (χ2n) is 11.0. The standard InChI is InChI=1S/C32H29F3N4O3/c1-31(2,40)23-16-24(29(35)27(28(23)34)19-7-9-22(33)10-8-19)32(11-5-13-42-32)18-39-17-25(37-38-39)21-14-20-6-4-12-36-30(20)26(15-21)41-3/h4,6-10,12,14-17,40H,5,11,13,18H2,1-3H3. The van der Waals surface area contributed by atoms with E-state index in [1.165, 1.54) is 32.0 Å². The molecule has 1 fully saturated rings. The second kappa shape index (κ2) is 10.5. The number of hydrogen-bond acceptors (Lipinski definition) is 6. The van der Waals surface area contributed by atoms with E-state index in [2.05, 4.69) is 15.3 Å². The fourth-order valence-corrected chi connectivity index (χ4v) is 5.64. The largest absolute Gasteiger partial charge is 0.494 e. The average Bonchev–Trinajstić information content (AvgIpc) is 3.63. The molecule has 0 spiro atoms. The fourth-order valence-electron chi connectivity index (χ4n) is 5.64. The summed E-state index contributed by atoms with van der Waals surface area (Å²) in [6, 6.07) is 13.8. The minimum Gasteiger partial charge on any atom is -0.494 e. The molecule has 10 heteroatoms. The molecular weight excluding hydrogens is 545 g/mol. The molecule has 42 heavy (non-hydrogen) atoms. The first kappa shape index (κ1) is 27.9. The van der Waals surface area contributed by atoms with Crippen LogP contribution in [0.3, 0.4) is 0 Å². The maximum absolute atomic E-state index is 16.4. The van der Waals surface area contributed by atoms with Gasteiger partial charge in [-0.3, -0.25) is 4.98 Å². The number of fused-ring (bicyclic) bond motifs is 1. The Kier molecular flexibility index (Phi) is 6.98. The van der Waals surface area contributed by atoms with Gasteiger partial charge in [-0.1, -0.05) is 23.4 Å². The van der Waals surface area contributed by atoms with Gasteiger partial charge in [0.1, 0.15) is 40.0 Å². The average molecular weight is 575 g/mol. The monoisotopic (exact) mass is 574 g/mol. The molecule has 1 N–H and O–H groups in total. The lowest BCUT2D eigenvalue weighted by atomic mass is 9.83. The van der Waals surface area contributed by atoms with Gasteiger partial charge in [-0.05, 0) is 68.7 Å². The molecular formula is C32H29F3N4O3. The van der Waals surface area contributed by atoms with Gasteiger partial charge in [0.2, 0.25) is 0 Å². The van der Waals surface area contributed by atoms with Crippen LogP contribution < -0.4 is 4.74 Å². The summed E-state index contributed by atoms with van der Waals surface area (Å²) in [5.41, 5.74) is -1.01. The number of aliphatic hydroxyl groups is 1. The van der Waals surface area contributed by atoms with Crippen molar-refractivity contribution in [2.24, 2.45) is 0 Å². The normalized spacial score (nSPS) is 17.2. The summed E-state index contributed by atoms with van der Waals surface area (Å²) in [5.74, 6) is -1.68. The number of nitrogens with zero attached hydrogens (tertiary/aromatic N) is 4. The maximum Gasteiger partial charge on any atom is 0.145 e. The van der Waals surface area contributed by atoms with Crippen LogP contribution in [0.1, 0.15) is 37.8 Å². The molecule has 1 aliphatic rings. The molecule has 216 valence electrons. The summed E-state index contributed by atoms with van der Waals surface area (Å²) in [7, 11) is 1.57. The van der Waals surface area contributed by atoms with E-state index in [0.717, 1.165) is 28.6 Å². The van der Waals surface area contributed by atoms with Gasteiger partial charge in [0.15, 0.2) is 0 Å². The summed E-state index contributed by atoms with van der Waals surface area (Å²) in [6.07, 6.45) is 4.49. The zero-order valence-corrected chi connectivity index (χ0v) is 23.4. The van der Waals surface area contributed by atoms with E-state index in [-0.39, 0.29) is 28.8 Å². The maximum atomic E-state index is 16.4. The predicted molar refractivity (Wildman–Crippen MR) is 151 cm³/mol. The van der Waals surface area contributed by atoms with E-state index in [4.69, 9.17) is 9.47 Å². The van der Waals surface area contributed by atoms with Crippen LogP contribution in [0.15, 0.2) is 67.0 Å². The molecule has 2 aromatic heterocycles. The Morgan fingerprint density at radius 1 is 1.05 bits per heavy atom. The van der Waals surface area contributed by atoms with Crippen LogP contribution in [0.5, 0.6) is 5.75 Å². The zero-order valence-electron chi connectivity index (χ0n) is 23.4. The minimum atomic E-state index is -1.63. The van der Waals surface area contributed by atoms with Crippen LogP contribution in [0.4, 0.5) is 13.2 Å². The topological polar surface area (TPSA) is 82.3 Å². The highest BCUT2D eigenvalue weighted by atomic mass is 19.1. The number of methoxy groups -OCH3 is 1. The van der Waals surface area contributed by atoms with Crippen molar-refractivity contribution in [1.29, 1.82) is 0 Å². The Balaban J connectivity index is 1.45. The van der Waals surface area contributed by atoms with Crippen molar-refractivity contribution in [3.63, 3.8) is 0 Å². The molecule has 1 saturated heterocycles. The number of hydrogen-bond donors (Lipinski definition) is 1. The summed E-state index contributed by atoms with van der Waals surface area (Å²) >= 11 is 0. The van der Waals surface area contributed by atoms with Gasteiger partial charge in [0.25, 0.3) is 0 Å². The highest BCUT2D eigenvalue weighted by Gasteiger charge is 2.43. The molecule has 3 heterocycles. The Bertz CT molecular complexity index is 1780. The summed E-state index contributed by atoms with van der Waals surface area (Å²) < 4.78 is 59.3. The Hall–Kier alpha value is -4.28. The highest BCUT2D eigenvalue weighted by Crippen LogP contribution is 2.44. The van der Waals surface area contributed by atoms with E-state index < -0.39 is 28.7 Å². The van der Waals surface area contributed by atoms with Gasteiger partial charge in [-0.25, -0.2) is 17.9 Å². The lowest BCUT2D eigenvalue weighted by molar-refractivity contribution is -0.0204. The Morgan fingerprint density at radius 2 is 1.83 bits per heavy atom. The lowest BCUT2D eigenvalue weighted by Crippen LogP contribution is -2.33. The van der Waals surface area contributed by atoms with E-state index in [0.29, 0.717) is 30.9 Å². The molecule has 0 saturated carbocycles. The van der Waals surface area contributed by atoms with Crippen molar-refractivity contribution in [3.8, 4) is 28.1 Å². The van der Waals surface area contributed by atoms with Crippen LogP contribution in [0, 0.1) is 17.5 Å². The van der Waals surface area contributed by atoms with Crippen LogP contribution in [-0.2, 0) is 22.5 Å². The van der Waals surface area contributed by atoms with E-state index in [1.807, 2.05) is 24.3 Å². The molecule has 6 rings (SSSR count). The molecule has 3 aromatic carbocycles. The van der Waals surface area contributed by atoms with E-state index >= 15 is 8.78 Å². The van der Waals surface area contributed by atoms with Gasteiger partial charge >= 0.3 is 0 Å². The lowest BCUT2D eigenvalue weighted by Gasteiger charge is -2.32. The Labute approximate surface area is 240 Å². The zero-order chi connectivity index (χ0) is 29.6. The number of benzene rings is 3. The molecule has 0 aliphatic carbocycles. The van der Waals surface area contributed by atoms with Crippen molar-refractivity contribution < 1.29 is 27.8 Å². The van der Waals surface area contributed by atoms with Crippen molar-refractivity contribution >= 4 is 10.9 Å². The van der Waals surface area contributed by atoms with Gasteiger partial charge in [-0.2, -0.15) is 0 Å². The van der Waals surface area contributed by atoms with Crippen molar-refractivity contribution in [3.05, 3.63) is 95.6 Å². The summed E-state index contributed by atoms with van der Waals surface area (Å²) in [4.78, 5) is 4.39. The van der Waals surface area contributed by atoms with E-state index in [9.17, 15) is 9.50 Å². The fraction of sp³-hybridized carbons (Fsp3) is 0.281. The van der Waals surface area contributed by atoms with Crippen molar-refractivity contribution in [1.82, 2.24) is 20.0 Å². The number of aromatic nitrogens is 4. The first-order valence-corrected chi connectivity index (χ1v) is 13.6. The van der Waals surface area contributed by atoms with Crippen molar-refractivity contribution in [2.75, 3.05) is 13.7 Å². The van der Waals surface area contributed by atoms with E-state index in [1.54, 1.807) is 24.2 Å². The quantitative estimate of drug-likeness (QED) is 0.238. The van der Waals surface area contributed by atoms with Crippen LogP contribution >= 0.6 is 0 Å². The summed E-state index contributed by atoms with van der Waals surface area (Å²) in [6.45, 7) is 3.31. The third kappa shape index (κ3) is 4.90. The molecule has 7 nitrogen and oxygen atoms in total. The molecule has 5 aromatic rings. The number of pyridine rings is 1. The smallest absolute Gasteiger partial charge is 0.145 e. The first-order valence-electron chi connectivity index (χ1n) is 13.6. The van der Waals surface area contributed by atoms with Gasteiger partial charge in [0, 0.05) is 34.9 Å². The Morgan fingerprint density at radius 3 is 2.52 bits per heavy atom. The molecule has 0 radical (unpaired) electrons.